The molecule has 0 aliphatic carbocycles. The van der Waals surface area contributed by atoms with Crippen molar-refractivity contribution in [1.29, 1.82) is 0 Å². The van der Waals surface area contributed by atoms with Crippen molar-refractivity contribution in [2.45, 2.75) is 13.5 Å². The number of carbonyl (C=O) groups excluding carboxylic acids is 1. The lowest BCUT2D eigenvalue weighted by Crippen LogP contribution is -2.32. The van der Waals surface area contributed by atoms with Crippen molar-refractivity contribution in [3.05, 3.63) is 66.0 Å². The molecule has 0 fully saturated rings. The molecular formula is C24H23N5O5S. The van der Waals surface area contributed by atoms with Gasteiger partial charge in [0.25, 0.3) is 12.1 Å². The fourth-order valence-corrected chi connectivity index (χ4v) is 4.12. The molecule has 11 heteroatoms. The lowest BCUT2D eigenvalue weighted by Gasteiger charge is -2.18. The number of aryl methyl sites for hydroxylation is 1. The Balaban J connectivity index is 1.64. The van der Waals surface area contributed by atoms with E-state index in [0.29, 0.717) is 34.5 Å². The van der Waals surface area contributed by atoms with Crippen molar-refractivity contribution in [2.24, 2.45) is 9.98 Å². The van der Waals surface area contributed by atoms with Gasteiger partial charge in [-0.15, -0.1) is 0 Å². The largest absolute Gasteiger partial charge is 0.861 e. The van der Waals surface area contributed by atoms with Crippen LogP contribution in [-0.2, 0) is 11.3 Å². The predicted octanol–water partition coefficient (Wildman–Crippen LogP) is 2.57. The van der Waals surface area contributed by atoms with Gasteiger partial charge in [0.15, 0.2) is 23.2 Å². The molecule has 1 amide bonds. The normalized spacial score (nSPS) is 15.0. The highest BCUT2D eigenvalue weighted by molar-refractivity contribution is 8.14. The van der Waals surface area contributed by atoms with Crippen LogP contribution in [0.1, 0.15) is 12.5 Å². The van der Waals surface area contributed by atoms with Crippen LogP contribution in [0.3, 0.4) is 0 Å². The van der Waals surface area contributed by atoms with Crippen LogP contribution >= 0.6 is 11.8 Å². The zero-order chi connectivity index (χ0) is 24.8. The minimum atomic E-state index is -0.440. The molecule has 0 saturated carbocycles. The Morgan fingerprint density at radius 3 is 2.69 bits per heavy atom. The van der Waals surface area contributed by atoms with Crippen LogP contribution in [0.4, 0.5) is 11.6 Å². The highest BCUT2D eigenvalue weighted by Crippen LogP contribution is 2.35. The standard InChI is InChI=1S/C24H23N5O5S/c1-4-28-14-21(34-27-28)26-20(30)15-35-24-25-18(23(31)29(24)17-10-6-5-7-11-17)13-16-9-8-12-19(32-2)22(16)33-3/h5-14H,4,15H2,1-3H3/b18-13+. The van der Waals surface area contributed by atoms with Gasteiger partial charge in [-0.2, -0.15) is 0 Å². The van der Waals surface area contributed by atoms with Gasteiger partial charge in [-0.3, -0.25) is 14.2 Å². The van der Waals surface area contributed by atoms with E-state index in [4.69, 9.17) is 14.0 Å². The van der Waals surface area contributed by atoms with Gasteiger partial charge in [-0.05, 0) is 37.1 Å². The maximum Gasteiger partial charge on any atom is 0.320 e. The van der Waals surface area contributed by atoms with Crippen LogP contribution in [0, 0.1) is 0 Å². The van der Waals surface area contributed by atoms with E-state index in [1.54, 1.807) is 43.5 Å². The van der Waals surface area contributed by atoms with Crippen LogP contribution in [-0.4, -0.2) is 42.2 Å². The van der Waals surface area contributed by atoms with Gasteiger partial charge < -0.3 is 14.6 Å². The molecule has 2 heterocycles. The highest BCUT2D eigenvalue weighted by Gasteiger charge is 2.32. The molecule has 2 aromatic carbocycles. The predicted molar refractivity (Wildman–Crippen MR) is 131 cm³/mol. The van der Waals surface area contributed by atoms with Crippen molar-refractivity contribution in [3.63, 3.8) is 0 Å². The number of rotatable bonds is 8. The summed E-state index contributed by atoms with van der Waals surface area (Å²) in [4.78, 5) is 23.3. The second kappa shape index (κ2) is 10.9. The number of anilines is 1. The zero-order valence-corrected chi connectivity index (χ0v) is 20.2. The third-order valence-electron chi connectivity index (χ3n) is 4.95. The molecule has 0 radical (unpaired) electrons. The smallest absolute Gasteiger partial charge is 0.320 e. The third kappa shape index (κ3) is 5.35. The summed E-state index contributed by atoms with van der Waals surface area (Å²) in [6.07, 6.45) is 3.18. The van der Waals surface area contributed by atoms with Crippen molar-refractivity contribution >= 4 is 46.4 Å². The number of ether oxygens (including phenoxy) is 2. The summed E-state index contributed by atoms with van der Waals surface area (Å²) in [5.41, 5.74) is 1.47. The van der Waals surface area contributed by atoms with Gasteiger partial charge in [-0.1, -0.05) is 46.8 Å². The van der Waals surface area contributed by atoms with Gasteiger partial charge >= 0.3 is 5.88 Å². The quantitative estimate of drug-likeness (QED) is 0.205. The van der Waals surface area contributed by atoms with Crippen LogP contribution in [0.15, 0.2) is 74.9 Å². The Morgan fingerprint density at radius 2 is 2.00 bits per heavy atom. The monoisotopic (exact) mass is 493 g/mol. The molecule has 1 aliphatic rings. The summed E-state index contributed by atoms with van der Waals surface area (Å²) in [5, 5.41) is 16.5. The van der Waals surface area contributed by atoms with E-state index >= 15 is 0 Å². The van der Waals surface area contributed by atoms with Crippen LogP contribution in [0.2, 0.25) is 0 Å². The van der Waals surface area contributed by atoms with Gasteiger partial charge in [-0.25, -0.2) is 9.98 Å². The Hall–Kier alpha value is -4.12. The number of hydrogen-bond donors (Lipinski definition) is 0. The van der Waals surface area contributed by atoms with Crippen molar-refractivity contribution in [2.75, 3.05) is 24.9 Å². The van der Waals surface area contributed by atoms with E-state index in [1.165, 1.54) is 22.9 Å². The summed E-state index contributed by atoms with van der Waals surface area (Å²) in [6.45, 7) is 2.49. The summed E-state index contributed by atoms with van der Waals surface area (Å²) in [5.74, 6) is 0.333. The number of aromatic nitrogens is 2. The molecule has 4 rings (SSSR count). The Morgan fingerprint density at radius 1 is 1.20 bits per heavy atom. The van der Waals surface area contributed by atoms with Gasteiger partial charge in [0, 0.05) is 11.3 Å². The van der Waals surface area contributed by atoms with Crippen molar-refractivity contribution in [1.82, 2.24) is 5.27 Å². The lowest BCUT2D eigenvalue weighted by atomic mass is 10.1. The van der Waals surface area contributed by atoms with Gasteiger partial charge in [0.2, 0.25) is 5.27 Å². The first-order valence-electron chi connectivity index (χ1n) is 10.7. The average Bonchev–Trinajstić information content (AvgIpc) is 3.46. The fourth-order valence-electron chi connectivity index (χ4n) is 3.32. The average molecular weight is 494 g/mol. The first kappa shape index (κ1) is 24.0. The first-order valence-corrected chi connectivity index (χ1v) is 11.7. The molecule has 0 saturated heterocycles. The molecule has 1 aromatic heterocycles. The van der Waals surface area contributed by atoms with Crippen LogP contribution < -0.4 is 24.2 Å². The maximum atomic E-state index is 13.4. The van der Waals surface area contributed by atoms with E-state index < -0.39 is 5.90 Å². The number of aliphatic imine (C=N–C) groups is 2. The summed E-state index contributed by atoms with van der Waals surface area (Å²) in [6, 6.07) is 14.5. The second-order valence-corrected chi connectivity index (χ2v) is 8.12. The third-order valence-corrected chi connectivity index (χ3v) is 5.88. The van der Waals surface area contributed by atoms with E-state index in [0.717, 1.165) is 11.8 Å². The molecule has 0 spiro atoms. The van der Waals surface area contributed by atoms with Crippen LogP contribution in [0.25, 0.3) is 6.08 Å². The lowest BCUT2D eigenvalue weighted by molar-refractivity contribution is -0.759. The van der Waals surface area contributed by atoms with E-state index in [2.05, 4.69) is 15.3 Å². The zero-order valence-electron chi connectivity index (χ0n) is 19.4. The molecular weight excluding hydrogens is 470 g/mol. The molecule has 0 N–H and O–H groups in total. The molecule has 10 nitrogen and oxygen atoms in total. The topological polar surface area (TPSA) is 116 Å². The van der Waals surface area contributed by atoms with Gasteiger partial charge in [0.1, 0.15) is 5.70 Å². The molecule has 1 aliphatic heterocycles. The number of amides is 1. The van der Waals surface area contributed by atoms with Crippen molar-refractivity contribution in [3.8, 4) is 11.5 Å². The summed E-state index contributed by atoms with van der Waals surface area (Å²) >= 11 is 1.11. The SMILES string of the molecule is CC[n+]1cc(/N=C(/[O-])CSC2=N/C(=C/c3cccc(OC)c3OC)C(=O)N2c2ccccc2)on1. The number of amidine groups is 1. The minimum absolute atomic E-state index is 0.0436. The van der Waals surface area contributed by atoms with Crippen LogP contribution in [0.5, 0.6) is 11.5 Å². The first-order chi connectivity index (χ1) is 17.0. The number of thioether (sulfide) groups is 1. The fraction of sp³-hybridized carbons (Fsp3) is 0.208. The minimum Gasteiger partial charge on any atom is -0.861 e. The Bertz CT molecular complexity index is 1300. The molecule has 0 atom stereocenters. The molecule has 180 valence electrons. The molecule has 0 bridgehead atoms. The highest BCUT2D eigenvalue weighted by atomic mass is 32.2. The van der Waals surface area contributed by atoms with E-state index in [-0.39, 0.29) is 23.2 Å². The number of carbonyl (C=O) groups is 1. The summed E-state index contributed by atoms with van der Waals surface area (Å²) in [7, 11) is 3.07. The second-order valence-electron chi connectivity index (χ2n) is 7.17. The molecule has 35 heavy (non-hydrogen) atoms. The summed E-state index contributed by atoms with van der Waals surface area (Å²) < 4.78 is 17.4. The number of benzene rings is 2. The Labute approximate surface area is 206 Å². The van der Waals surface area contributed by atoms with E-state index in [1.807, 2.05) is 25.1 Å². The van der Waals surface area contributed by atoms with E-state index in [9.17, 15) is 9.90 Å². The number of hydrogen-bond acceptors (Lipinski definition) is 9. The molecule has 3 aromatic rings. The molecule has 0 unspecified atom stereocenters. The number of nitrogens with zero attached hydrogens (tertiary/aromatic N) is 5. The van der Waals surface area contributed by atoms with Crippen molar-refractivity contribution < 1.29 is 28.6 Å². The van der Waals surface area contributed by atoms with Gasteiger partial charge in [0.05, 0.1) is 19.9 Å². The number of methoxy groups -OCH3 is 2. The number of para-hydroxylation sites is 2. The Kier molecular flexibility index (Phi) is 7.46. The maximum absolute atomic E-state index is 13.4.